The molecule has 0 fully saturated rings. The van der Waals surface area contributed by atoms with Crippen molar-refractivity contribution in [3.8, 4) is 5.75 Å². The molecule has 0 aliphatic carbocycles. The van der Waals surface area contributed by atoms with E-state index >= 15 is 0 Å². The average Bonchev–Trinajstić information content (AvgIpc) is 2.93. The lowest BCUT2D eigenvalue weighted by Gasteiger charge is -2.21. The van der Waals surface area contributed by atoms with E-state index in [-0.39, 0.29) is 5.91 Å². The van der Waals surface area contributed by atoms with Gasteiger partial charge in [-0.2, -0.15) is 5.10 Å². The first-order valence-corrected chi connectivity index (χ1v) is 8.86. The van der Waals surface area contributed by atoms with Crippen molar-refractivity contribution < 1.29 is 9.53 Å². The van der Waals surface area contributed by atoms with Gasteiger partial charge in [0.15, 0.2) is 0 Å². The minimum absolute atomic E-state index is 0.00871. The first-order chi connectivity index (χ1) is 12.1. The molecule has 3 rings (SSSR count). The third-order valence-corrected chi connectivity index (χ3v) is 4.73. The van der Waals surface area contributed by atoms with Gasteiger partial charge in [-0.3, -0.25) is 14.4 Å². The summed E-state index contributed by atoms with van der Waals surface area (Å²) in [6.45, 7) is 8.94. The highest BCUT2D eigenvalue weighted by atomic mass is 16.5. The molecule has 2 heterocycles. The Morgan fingerprint density at radius 1 is 1.28 bits per heavy atom. The molecule has 6 nitrogen and oxygen atoms in total. The molecule has 134 valence electrons. The number of carbonyl (C=O) groups excluding carboxylic acids is 1. The van der Waals surface area contributed by atoms with Crippen LogP contribution in [0.4, 0.5) is 0 Å². The third-order valence-electron chi connectivity index (χ3n) is 4.73. The SMILES string of the molecule is CCN(CC)Cc1ccc2c(c1)CN(C(=O)c1ccnn1C)CCO2. The Labute approximate surface area is 149 Å². The van der Waals surface area contributed by atoms with E-state index in [9.17, 15) is 4.79 Å². The van der Waals surface area contributed by atoms with Gasteiger partial charge in [0.25, 0.3) is 5.91 Å². The predicted molar refractivity (Wildman–Crippen MR) is 96.5 cm³/mol. The van der Waals surface area contributed by atoms with Gasteiger partial charge in [-0.1, -0.05) is 19.9 Å². The normalized spacial score (nSPS) is 14.2. The number of hydrogen-bond donors (Lipinski definition) is 0. The number of ether oxygens (including phenoxy) is 1. The van der Waals surface area contributed by atoms with Crippen LogP contribution in [0.1, 0.15) is 35.5 Å². The summed E-state index contributed by atoms with van der Waals surface area (Å²) in [6.07, 6.45) is 1.65. The maximum Gasteiger partial charge on any atom is 0.272 e. The van der Waals surface area contributed by atoms with Crippen LogP contribution in [0.3, 0.4) is 0 Å². The summed E-state index contributed by atoms with van der Waals surface area (Å²) in [6, 6.07) is 8.08. The highest BCUT2D eigenvalue weighted by Gasteiger charge is 2.23. The van der Waals surface area contributed by atoms with Crippen LogP contribution >= 0.6 is 0 Å². The third kappa shape index (κ3) is 3.85. The molecule has 1 aromatic carbocycles. The summed E-state index contributed by atoms with van der Waals surface area (Å²) in [7, 11) is 1.79. The number of amides is 1. The molecule has 6 heteroatoms. The van der Waals surface area contributed by atoms with Gasteiger partial charge in [0.2, 0.25) is 0 Å². The molecular weight excluding hydrogens is 316 g/mol. The lowest BCUT2D eigenvalue weighted by molar-refractivity contribution is 0.0722. The van der Waals surface area contributed by atoms with Crippen LogP contribution in [0.15, 0.2) is 30.5 Å². The molecule has 1 amide bonds. The van der Waals surface area contributed by atoms with Crippen LogP contribution in [-0.4, -0.2) is 51.7 Å². The van der Waals surface area contributed by atoms with Crippen molar-refractivity contribution in [2.45, 2.75) is 26.9 Å². The van der Waals surface area contributed by atoms with Crippen LogP contribution in [0, 0.1) is 0 Å². The summed E-state index contributed by atoms with van der Waals surface area (Å²) in [5, 5.41) is 4.10. The first-order valence-electron chi connectivity index (χ1n) is 8.86. The Morgan fingerprint density at radius 3 is 2.76 bits per heavy atom. The van der Waals surface area contributed by atoms with Gasteiger partial charge in [-0.15, -0.1) is 0 Å². The number of carbonyl (C=O) groups is 1. The standard InChI is InChI=1S/C19H26N4O2/c1-4-22(5-2)13-15-6-7-18-16(12-15)14-23(10-11-25-18)19(24)17-8-9-20-21(17)3/h6-9,12H,4-5,10-11,13-14H2,1-3H3. The van der Waals surface area contributed by atoms with E-state index < -0.39 is 0 Å². The lowest BCUT2D eigenvalue weighted by atomic mass is 10.1. The minimum atomic E-state index is -0.00871. The average molecular weight is 342 g/mol. The van der Waals surface area contributed by atoms with Crippen LogP contribution < -0.4 is 4.74 Å². The molecule has 0 radical (unpaired) electrons. The molecule has 0 saturated carbocycles. The second-order valence-electron chi connectivity index (χ2n) is 6.32. The van der Waals surface area contributed by atoms with E-state index in [4.69, 9.17) is 4.74 Å². The summed E-state index contributed by atoms with van der Waals surface area (Å²) in [4.78, 5) is 17.0. The molecule has 0 atom stereocenters. The zero-order valence-corrected chi connectivity index (χ0v) is 15.2. The van der Waals surface area contributed by atoms with Gasteiger partial charge in [-0.05, 0) is 36.9 Å². The molecule has 2 aromatic rings. The number of fused-ring (bicyclic) bond motifs is 1. The van der Waals surface area contributed by atoms with Crippen molar-refractivity contribution in [2.24, 2.45) is 7.05 Å². The van der Waals surface area contributed by atoms with Gasteiger partial charge < -0.3 is 9.64 Å². The Balaban J connectivity index is 1.81. The molecule has 0 spiro atoms. The quantitative estimate of drug-likeness (QED) is 0.837. The molecule has 1 aliphatic heterocycles. The zero-order valence-electron chi connectivity index (χ0n) is 15.2. The summed E-state index contributed by atoms with van der Waals surface area (Å²) in [5.74, 6) is 0.870. The van der Waals surface area contributed by atoms with Gasteiger partial charge in [-0.25, -0.2) is 0 Å². The molecule has 1 aromatic heterocycles. The molecular formula is C19H26N4O2. The van der Waals surface area contributed by atoms with Crippen molar-refractivity contribution in [3.05, 3.63) is 47.3 Å². The number of benzene rings is 1. The highest BCUT2D eigenvalue weighted by Crippen LogP contribution is 2.25. The van der Waals surface area contributed by atoms with Crippen LogP contribution in [-0.2, 0) is 20.1 Å². The Bertz CT molecular complexity index is 737. The number of aromatic nitrogens is 2. The molecule has 0 unspecified atom stereocenters. The van der Waals surface area contributed by atoms with Crippen LogP contribution in [0.25, 0.3) is 0 Å². The van der Waals surface area contributed by atoms with E-state index in [0.29, 0.717) is 25.4 Å². The number of aryl methyl sites for hydroxylation is 1. The number of hydrogen-bond acceptors (Lipinski definition) is 4. The van der Waals surface area contributed by atoms with Crippen LogP contribution in [0.2, 0.25) is 0 Å². The minimum Gasteiger partial charge on any atom is -0.491 e. The second kappa shape index (κ2) is 7.70. The Hall–Kier alpha value is -2.34. The van der Waals surface area contributed by atoms with Gasteiger partial charge in [0, 0.05) is 31.9 Å². The van der Waals surface area contributed by atoms with Crippen molar-refractivity contribution in [3.63, 3.8) is 0 Å². The van der Waals surface area contributed by atoms with E-state index in [1.807, 2.05) is 11.0 Å². The topological polar surface area (TPSA) is 50.6 Å². The lowest BCUT2D eigenvalue weighted by Crippen LogP contribution is -2.33. The largest absolute Gasteiger partial charge is 0.491 e. The van der Waals surface area contributed by atoms with Crippen molar-refractivity contribution in [1.29, 1.82) is 0 Å². The van der Waals surface area contributed by atoms with Gasteiger partial charge in [0.05, 0.1) is 6.54 Å². The van der Waals surface area contributed by atoms with Crippen molar-refractivity contribution in [2.75, 3.05) is 26.2 Å². The van der Waals surface area contributed by atoms with Gasteiger partial charge >= 0.3 is 0 Å². The van der Waals surface area contributed by atoms with Crippen molar-refractivity contribution in [1.82, 2.24) is 19.6 Å². The zero-order chi connectivity index (χ0) is 17.8. The van der Waals surface area contributed by atoms with E-state index in [2.05, 4.69) is 36.0 Å². The van der Waals surface area contributed by atoms with Crippen molar-refractivity contribution >= 4 is 5.91 Å². The fourth-order valence-electron chi connectivity index (χ4n) is 3.17. The summed E-state index contributed by atoms with van der Waals surface area (Å²) >= 11 is 0. The van der Waals surface area contributed by atoms with Gasteiger partial charge in [0.1, 0.15) is 18.1 Å². The number of nitrogens with zero attached hydrogens (tertiary/aromatic N) is 4. The Kier molecular flexibility index (Phi) is 5.38. The molecule has 1 aliphatic rings. The predicted octanol–water partition coefficient (Wildman–Crippen LogP) is 2.30. The van der Waals surface area contributed by atoms with E-state index in [0.717, 1.165) is 30.9 Å². The first kappa shape index (κ1) is 17.5. The van der Waals surface area contributed by atoms with E-state index in [1.165, 1.54) is 5.56 Å². The van der Waals surface area contributed by atoms with Crippen LogP contribution in [0.5, 0.6) is 5.75 Å². The van der Waals surface area contributed by atoms with E-state index in [1.54, 1.807) is 24.0 Å². The maximum absolute atomic E-state index is 12.8. The fraction of sp³-hybridized carbons (Fsp3) is 0.474. The molecule has 0 N–H and O–H groups in total. The Morgan fingerprint density at radius 2 is 2.08 bits per heavy atom. The number of rotatable bonds is 5. The smallest absolute Gasteiger partial charge is 0.272 e. The highest BCUT2D eigenvalue weighted by molar-refractivity contribution is 5.92. The molecule has 25 heavy (non-hydrogen) atoms. The maximum atomic E-state index is 12.8. The molecule has 0 saturated heterocycles. The monoisotopic (exact) mass is 342 g/mol. The summed E-state index contributed by atoms with van der Waals surface area (Å²) in [5.41, 5.74) is 2.92. The fourth-order valence-corrected chi connectivity index (χ4v) is 3.17. The second-order valence-corrected chi connectivity index (χ2v) is 6.32. The molecule has 0 bridgehead atoms. The summed E-state index contributed by atoms with van der Waals surface area (Å²) < 4.78 is 7.48.